The molecule has 14 heavy (non-hydrogen) atoms. The molecule has 0 saturated heterocycles. The first kappa shape index (κ1) is 10.5. The van der Waals surface area contributed by atoms with Crippen molar-refractivity contribution in [3.8, 4) is 5.75 Å². The minimum absolute atomic E-state index is 0.0912. The quantitative estimate of drug-likeness (QED) is 0.297. The molecule has 0 radical (unpaired) electrons. The van der Waals surface area contributed by atoms with Gasteiger partial charge in [-0.1, -0.05) is 0 Å². The van der Waals surface area contributed by atoms with Crippen LogP contribution < -0.4 is 5.73 Å². The fourth-order valence-electron chi connectivity index (χ4n) is 1.01. The van der Waals surface area contributed by atoms with Crippen molar-refractivity contribution < 1.29 is 20.1 Å². The van der Waals surface area contributed by atoms with Crippen LogP contribution in [0.2, 0.25) is 0 Å². The number of rotatable bonds is 3. The Bertz CT molecular complexity index is 351. The highest BCUT2D eigenvalue weighted by Crippen LogP contribution is 2.21. The van der Waals surface area contributed by atoms with Crippen molar-refractivity contribution in [2.24, 2.45) is 0 Å². The van der Waals surface area contributed by atoms with E-state index in [0.717, 1.165) is 0 Å². The monoisotopic (exact) mass is 197 g/mol. The summed E-state index contributed by atoms with van der Waals surface area (Å²) in [6.45, 7) is -0.687. The van der Waals surface area contributed by atoms with Crippen molar-refractivity contribution in [1.29, 1.82) is 0 Å². The number of Topliss-reactive ketones (excluding diaryl/α,β-unsaturated/α-hetero) is 1. The SMILES string of the molecule is Nc1ccc(O)c(C(=O)C(O)CO)c1. The second-order valence-corrected chi connectivity index (χ2v) is 2.84. The summed E-state index contributed by atoms with van der Waals surface area (Å²) in [7, 11) is 0. The van der Waals surface area contributed by atoms with Gasteiger partial charge in [0, 0.05) is 5.69 Å². The van der Waals surface area contributed by atoms with Gasteiger partial charge in [0.2, 0.25) is 0 Å². The molecular formula is C9H11NO4. The van der Waals surface area contributed by atoms with Crippen LogP contribution in [0.5, 0.6) is 5.75 Å². The maximum atomic E-state index is 11.3. The maximum Gasteiger partial charge on any atom is 0.197 e. The van der Waals surface area contributed by atoms with Crippen LogP contribution in [0.3, 0.4) is 0 Å². The van der Waals surface area contributed by atoms with Crippen LogP contribution in [0, 0.1) is 0 Å². The smallest absolute Gasteiger partial charge is 0.197 e. The number of hydrogen-bond donors (Lipinski definition) is 4. The molecule has 5 heteroatoms. The molecule has 5 nitrogen and oxygen atoms in total. The fourth-order valence-corrected chi connectivity index (χ4v) is 1.01. The Morgan fingerprint density at radius 2 is 2.14 bits per heavy atom. The molecule has 0 heterocycles. The number of nitrogens with two attached hydrogens (primary N) is 1. The second-order valence-electron chi connectivity index (χ2n) is 2.84. The molecule has 1 aromatic carbocycles. The first-order chi connectivity index (χ1) is 6.56. The van der Waals surface area contributed by atoms with E-state index in [4.69, 9.17) is 15.9 Å². The van der Waals surface area contributed by atoms with Gasteiger partial charge < -0.3 is 21.1 Å². The van der Waals surface area contributed by atoms with Crippen molar-refractivity contribution in [2.45, 2.75) is 6.10 Å². The first-order valence-electron chi connectivity index (χ1n) is 3.98. The zero-order chi connectivity index (χ0) is 10.7. The third-order valence-electron chi connectivity index (χ3n) is 1.76. The van der Waals surface area contributed by atoms with E-state index >= 15 is 0 Å². The zero-order valence-electron chi connectivity index (χ0n) is 7.34. The van der Waals surface area contributed by atoms with Gasteiger partial charge in [-0.3, -0.25) is 4.79 Å². The lowest BCUT2D eigenvalue weighted by molar-refractivity contribution is 0.0585. The van der Waals surface area contributed by atoms with E-state index in [0.29, 0.717) is 5.69 Å². The molecule has 0 fully saturated rings. The summed E-state index contributed by atoms with van der Waals surface area (Å²) in [5.41, 5.74) is 5.61. The lowest BCUT2D eigenvalue weighted by Crippen LogP contribution is -2.24. The summed E-state index contributed by atoms with van der Waals surface area (Å²) in [6.07, 6.45) is -1.53. The number of anilines is 1. The van der Waals surface area contributed by atoms with E-state index in [1.165, 1.54) is 18.2 Å². The topological polar surface area (TPSA) is 104 Å². The van der Waals surface area contributed by atoms with Crippen LogP contribution in [0.4, 0.5) is 5.69 Å². The number of nitrogen functional groups attached to an aromatic ring is 1. The summed E-state index contributed by atoms with van der Waals surface area (Å²) in [5, 5.41) is 26.9. The molecule has 76 valence electrons. The number of ketones is 1. The first-order valence-corrected chi connectivity index (χ1v) is 3.98. The normalized spacial score (nSPS) is 12.4. The molecule has 1 rings (SSSR count). The Morgan fingerprint density at radius 3 is 2.71 bits per heavy atom. The van der Waals surface area contributed by atoms with Gasteiger partial charge in [0.1, 0.15) is 11.9 Å². The Morgan fingerprint density at radius 1 is 1.50 bits per heavy atom. The third-order valence-corrected chi connectivity index (χ3v) is 1.76. The lowest BCUT2D eigenvalue weighted by atomic mass is 10.0. The van der Waals surface area contributed by atoms with Gasteiger partial charge >= 0.3 is 0 Å². The number of hydrogen-bond acceptors (Lipinski definition) is 5. The average Bonchev–Trinajstić information content (AvgIpc) is 2.19. The predicted octanol–water partition coefficient (Wildman–Crippen LogP) is -0.490. The summed E-state index contributed by atoms with van der Waals surface area (Å²) in [6, 6.07) is 3.93. The van der Waals surface area contributed by atoms with Crippen LogP contribution in [-0.4, -0.2) is 33.8 Å². The molecular weight excluding hydrogens is 186 g/mol. The second kappa shape index (κ2) is 4.08. The molecule has 0 aliphatic heterocycles. The van der Waals surface area contributed by atoms with Crippen LogP contribution in [0.1, 0.15) is 10.4 Å². The standard InChI is InChI=1S/C9H11NO4/c10-5-1-2-7(12)6(3-5)9(14)8(13)4-11/h1-3,8,11-13H,4,10H2. The summed E-state index contributed by atoms with van der Waals surface area (Å²) < 4.78 is 0. The summed E-state index contributed by atoms with van der Waals surface area (Å²) in [5.74, 6) is -1.02. The fraction of sp³-hybridized carbons (Fsp3) is 0.222. The van der Waals surface area contributed by atoms with Gasteiger partial charge in [-0.2, -0.15) is 0 Å². The molecule has 1 unspecified atom stereocenters. The van der Waals surface area contributed by atoms with Crippen molar-refractivity contribution in [2.75, 3.05) is 12.3 Å². The Hall–Kier alpha value is -1.59. The number of aliphatic hydroxyl groups excluding tert-OH is 2. The molecule has 1 aromatic rings. The molecule has 5 N–H and O–H groups in total. The van der Waals surface area contributed by atoms with Crippen molar-refractivity contribution >= 4 is 11.5 Å². The van der Waals surface area contributed by atoms with E-state index in [9.17, 15) is 9.90 Å². The van der Waals surface area contributed by atoms with Crippen LogP contribution in [0.25, 0.3) is 0 Å². The lowest BCUT2D eigenvalue weighted by Gasteiger charge is -2.08. The minimum atomic E-state index is -1.53. The van der Waals surface area contributed by atoms with E-state index < -0.39 is 18.5 Å². The number of aromatic hydroxyl groups is 1. The third kappa shape index (κ3) is 2.01. The molecule has 0 saturated carbocycles. The van der Waals surface area contributed by atoms with Gasteiger partial charge in [0.15, 0.2) is 5.78 Å². The number of aliphatic hydroxyl groups is 2. The maximum absolute atomic E-state index is 11.3. The zero-order valence-corrected chi connectivity index (χ0v) is 7.34. The molecule has 0 spiro atoms. The number of phenolic OH excluding ortho intramolecular Hbond substituents is 1. The molecule has 0 aliphatic rings. The highest BCUT2D eigenvalue weighted by molar-refractivity contribution is 6.02. The average molecular weight is 197 g/mol. The number of benzene rings is 1. The van der Waals surface area contributed by atoms with Gasteiger partial charge in [-0.25, -0.2) is 0 Å². The van der Waals surface area contributed by atoms with E-state index in [1.54, 1.807) is 0 Å². The summed E-state index contributed by atoms with van der Waals surface area (Å²) in [4.78, 5) is 11.3. The predicted molar refractivity (Wildman–Crippen MR) is 49.9 cm³/mol. The van der Waals surface area contributed by atoms with Crippen LogP contribution in [-0.2, 0) is 0 Å². The molecule has 0 amide bonds. The molecule has 1 atom stereocenters. The van der Waals surface area contributed by atoms with Crippen molar-refractivity contribution in [3.63, 3.8) is 0 Å². The van der Waals surface area contributed by atoms with Gasteiger partial charge in [0.25, 0.3) is 0 Å². The van der Waals surface area contributed by atoms with E-state index in [2.05, 4.69) is 0 Å². The highest BCUT2D eigenvalue weighted by atomic mass is 16.3. The Labute approximate surface area is 80.4 Å². The molecule has 0 aliphatic carbocycles. The van der Waals surface area contributed by atoms with E-state index in [-0.39, 0.29) is 11.3 Å². The largest absolute Gasteiger partial charge is 0.507 e. The van der Waals surface area contributed by atoms with E-state index in [1.807, 2.05) is 0 Å². The van der Waals surface area contributed by atoms with Crippen molar-refractivity contribution in [3.05, 3.63) is 23.8 Å². The number of carbonyl (C=O) groups is 1. The summed E-state index contributed by atoms with van der Waals surface area (Å²) >= 11 is 0. The van der Waals surface area contributed by atoms with Gasteiger partial charge in [-0.05, 0) is 18.2 Å². The molecule has 0 aromatic heterocycles. The molecule has 0 bridgehead atoms. The van der Waals surface area contributed by atoms with Gasteiger partial charge in [-0.15, -0.1) is 0 Å². The Kier molecular flexibility index (Phi) is 3.06. The number of phenols is 1. The minimum Gasteiger partial charge on any atom is -0.507 e. The van der Waals surface area contributed by atoms with Crippen LogP contribution >= 0.6 is 0 Å². The number of carbonyl (C=O) groups excluding carboxylic acids is 1. The van der Waals surface area contributed by atoms with Gasteiger partial charge in [0.05, 0.1) is 12.2 Å². The van der Waals surface area contributed by atoms with Crippen LogP contribution in [0.15, 0.2) is 18.2 Å². The highest BCUT2D eigenvalue weighted by Gasteiger charge is 2.19. The Balaban J connectivity index is 3.06. The van der Waals surface area contributed by atoms with Crippen molar-refractivity contribution in [1.82, 2.24) is 0 Å².